The lowest BCUT2D eigenvalue weighted by atomic mass is 10.1. The van der Waals surface area contributed by atoms with Crippen LogP contribution < -0.4 is 10.2 Å². The molecule has 2 aromatic rings. The number of nitrogens with one attached hydrogen (secondary N) is 1. The van der Waals surface area contributed by atoms with Crippen molar-refractivity contribution in [2.75, 3.05) is 17.3 Å². The third-order valence-corrected chi connectivity index (χ3v) is 3.00. The van der Waals surface area contributed by atoms with Crippen molar-refractivity contribution < 1.29 is 0 Å². The van der Waals surface area contributed by atoms with Crippen LogP contribution in [-0.2, 0) is 0 Å². The van der Waals surface area contributed by atoms with Crippen LogP contribution in [0.4, 0.5) is 17.1 Å². The molecule has 0 aliphatic carbocycles. The number of anilines is 3. The predicted octanol–water partition coefficient (Wildman–Crippen LogP) is 4.32. The Morgan fingerprint density at radius 1 is 1.00 bits per heavy atom. The largest absolute Gasteiger partial charge is 0.361 e. The second-order valence-corrected chi connectivity index (χ2v) is 4.21. The first kappa shape index (κ1) is 12.2. The van der Waals surface area contributed by atoms with Gasteiger partial charge >= 0.3 is 0 Å². The SMILES string of the molecule is C=CNc1ccccc1N(C)c1ccccc1C. The maximum Gasteiger partial charge on any atom is 0.0647 e. The molecule has 0 radical (unpaired) electrons. The fraction of sp³-hybridized carbons (Fsp3) is 0.125. The molecule has 0 heterocycles. The number of para-hydroxylation sites is 3. The molecule has 0 aliphatic heterocycles. The van der Waals surface area contributed by atoms with Gasteiger partial charge in [-0.1, -0.05) is 36.9 Å². The predicted molar refractivity (Wildman–Crippen MR) is 79.5 cm³/mol. The Morgan fingerprint density at radius 3 is 2.28 bits per heavy atom. The van der Waals surface area contributed by atoms with Crippen molar-refractivity contribution in [3.05, 3.63) is 66.9 Å². The van der Waals surface area contributed by atoms with E-state index in [9.17, 15) is 0 Å². The number of benzene rings is 2. The van der Waals surface area contributed by atoms with E-state index in [-0.39, 0.29) is 0 Å². The van der Waals surface area contributed by atoms with Crippen LogP contribution in [0.2, 0.25) is 0 Å². The Kier molecular flexibility index (Phi) is 3.68. The van der Waals surface area contributed by atoms with Gasteiger partial charge < -0.3 is 10.2 Å². The summed E-state index contributed by atoms with van der Waals surface area (Å²) < 4.78 is 0. The molecule has 1 N–H and O–H groups in total. The quantitative estimate of drug-likeness (QED) is 0.853. The summed E-state index contributed by atoms with van der Waals surface area (Å²) in [4.78, 5) is 2.18. The van der Waals surface area contributed by atoms with Crippen LogP contribution >= 0.6 is 0 Å². The highest BCUT2D eigenvalue weighted by molar-refractivity contribution is 5.77. The monoisotopic (exact) mass is 238 g/mol. The van der Waals surface area contributed by atoms with E-state index in [0.29, 0.717) is 0 Å². The zero-order valence-corrected chi connectivity index (χ0v) is 10.9. The minimum absolute atomic E-state index is 1.05. The van der Waals surface area contributed by atoms with Crippen molar-refractivity contribution in [1.29, 1.82) is 0 Å². The molecule has 0 amide bonds. The Labute approximate surface area is 109 Å². The number of hydrogen-bond donors (Lipinski definition) is 1. The van der Waals surface area contributed by atoms with Crippen molar-refractivity contribution in [3.63, 3.8) is 0 Å². The minimum atomic E-state index is 1.05. The zero-order chi connectivity index (χ0) is 13.0. The highest BCUT2D eigenvalue weighted by atomic mass is 15.1. The number of nitrogens with zero attached hydrogens (tertiary/aromatic N) is 1. The molecule has 0 fully saturated rings. The van der Waals surface area contributed by atoms with Gasteiger partial charge in [-0.3, -0.25) is 0 Å². The van der Waals surface area contributed by atoms with E-state index in [1.165, 1.54) is 11.3 Å². The third-order valence-electron chi connectivity index (χ3n) is 3.00. The van der Waals surface area contributed by atoms with E-state index in [2.05, 4.69) is 61.1 Å². The molecule has 18 heavy (non-hydrogen) atoms. The van der Waals surface area contributed by atoms with E-state index < -0.39 is 0 Å². The average molecular weight is 238 g/mol. The van der Waals surface area contributed by atoms with E-state index in [4.69, 9.17) is 0 Å². The highest BCUT2D eigenvalue weighted by Crippen LogP contribution is 2.32. The summed E-state index contributed by atoms with van der Waals surface area (Å²) in [5, 5.41) is 3.17. The summed E-state index contributed by atoms with van der Waals surface area (Å²) in [5.41, 5.74) is 4.65. The van der Waals surface area contributed by atoms with Crippen molar-refractivity contribution in [1.82, 2.24) is 0 Å². The van der Waals surface area contributed by atoms with E-state index >= 15 is 0 Å². The standard InChI is InChI=1S/C16H18N2/c1-4-17-14-10-6-8-12-16(14)18(3)15-11-7-5-9-13(15)2/h4-12,17H,1H2,2-3H3. The number of aryl methyl sites for hydroxylation is 1. The summed E-state index contributed by atoms with van der Waals surface area (Å²) in [6, 6.07) is 16.6. The van der Waals surface area contributed by atoms with Crippen LogP contribution in [0.15, 0.2) is 61.3 Å². The van der Waals surface area contributed by atoms with Gasteiger partial charge in [-0.05, 0) is 36.9 Å². The Balaban J connectivity index is 2.43. The molecule has 2 rings (SSSR count). The van der Waals surface area contributed by atoms with E-state index in [1.807, 2.05) is 18.2 Å². The fourth-order valence-electron chi connectivity index (χ4n) is 2.07. The van der Waals surface area contributed by atoms with Gasteiger partial charge in [0.15, 0.2) is 0 Å². The fourth-order valence-corrected chi connectivity index (χ4v) is 2.07. The summed E-state index contributed by atoms with van der Waals surface area (Å²) in [6.45, 7) is 5.84. The summed E-state index contributed by atoms with van der Waals surface area (Å²) in [6.07, 6.45) is 1.70. The molecule has 0 bridgehead atoms. The summed E-state index contributed by atoms with van der Waals surface area (Å²) in [7, 11) is 2.08. The van der Waals surface area contributed by atoms with Gasteiger partial charge in [-0.15, -0.1) is 0 Å². The first-order valence-corrected chi connectivity index (χ1v) is 6.00. The summed E-state index contributed by atoms with van der Waals surface area (Å²) >= 11 is 0. The van der Waals surface area contributed by atoms with E-state index in [1.54, 1.807) is 6.20 Å². The smallest absolute Gasteiger partial charge is 0.0647 e. The third kappa shape index (κ3) is 2.38. The first-order valence-electron chi connectivity index (χ1n) is 6.00. The molecule has 0 spiro atoms. The molecular weight excluding hydrogens is 220 g/mol. The Bertz CT molecular complexity index is 546. The first-order chi connectivity index (χ1) is 8.74. The van der Waals surface area contributed by atoms with Crippen LogP contribution in [0.25, 0.3) is 0 Å². The van der Waals surface area contributed by atoms with Crippen LogP contribution in [0.1, 0.15) is 5.56 Å². The maximum atomic E-state index is 3.72. The topological polar surface area (TPSA) is 15.3 Å². The number of hydrogen-bond acceptors (Lipinski definition) is 2. The second-order valence-electron chi connectivity index (χ2n) is 4.21. The highest BCUT2D eigenvalue weighted by Gasteiger charge is 2.09. The molecule has 92 valence electrons. The van der Waals surface area contributed by atoms with Gasteiger partial charge in [0, 0.05) is 12.7 Å². The van der Waals surface area contributed by atoms with Crippen molar-refractivity contribution in [2.24, 2.45) is 0 Å². The molecule has 0 atom stereocenters. The summed E-state index contributed by atoms with van der Waals surface area (Å²) in [5.74, 6) is 0. The lowest BCUT2D eigenvalue weighted by Gasteiger charge is -2.24. The Morgan fingerprint density at radius 2 is 1.61 bits per heavy atom. The van der Waals surface area contributed by atoms with Gasteiger partial charge in [0.05, 0.1) is 11.4 Å². The van der Waals surface area contributed by atoms with Gasteiger partial charge in [-0.2, -0.15) is 0 Å². The van der Waals surface area contributed by atoms with E-state index in [0.717, 1.165) is 11.4 Å². The van der Waals surface area contributed by atoms with Gasteiger partial charge in [0.25, 0.3) is 0 Å². The molecule has 0 saturated carbocycles. The second kappa shape index (κ2) is 5.41. The lowest BCUT2D eigenvalue weighted by Crippen LogP contribution is -2.12. The van der Waals surface area contributed by atoms with Crippen LogP contribution in [0.5, 0.6) is 0 Å². The zero-order valence-electron chi connectivity index (χ0n) is 10.9. The molecule has 0 unspecified atom stereocenters. The number of rotatable bonds is 4. The van der Waals surface area contributed by atoms with Crippen molar-refractivity contribution >= 4 is 17.1 Å². The molecular formula is C16H18N2. The van der Waals surface area contributed by atoms with Gasteiger partial charge in [0.2, 0.25) is 0 Å². The molecule has 0 saturated heterocycles. The maximum absolute atomic E-state index is 3.72. The van der Waals surface area contributed by atoms with Crippen LogP contribution in [0.3, 0.4) is 0 Å². The van der Waals surface area contributed by atoms with Crippen LogP contribution in [-0.4, -0.2) is 7.05 Å². The van der Waals surface area contributed by atoms with Crippen molar-refractivity contribution in [3.8, 4) is 0 Å². The Hall–Kier alpha value is -2.22. The average Bonchev–Trinajstić information content (AvgIpc) is 2.40. The molecule has 0 aromatic heterocycles. The van der Waals surface area contributed by atoms with Crippen molar-refractivity contribution in [2.45, 2.75) is 6.92 Å². The molecule has 2 aromatic carbocycles. The van der Waals surface area contributed by atoms with Gasteiger partial charge in [-0.25, -0.2) is 0 Å². The minimum Gasteiger partial charge on any atom is -0.361 e. The molecule has 0 aliphatic rings. The molecule has 2 heteroatoms. The normalized spacial score (nSPS) is 9.89. The lowest BCUT2D eigenvalue weighted by molar-refractivity contribution is 1.18. The molecule has 2 nitrogen and oxygen atoms in total. The van der Waals surface area contributed by atoms with Crippen LogP contribution in [0, 0.1) is 6.92 Å². The van der Waals surface area contributed by atoms with Gasteiger partial charge in [0.1, 0.15) is 0 Å².